The zero-order valence-electron chi connectivity index (χ0n) is 11.4. The van der Waals surface area contributed by atoms with Crippen LogP contribution in [0.1, 0.15) is 36.5 Å². The molecule has 0 spiro atoms. The molecule has 2 rings (SSSR count). The van der Waals surface area contributed by atoms with Crippen molar-refractivity contribution in [2.75, 3.05) is 6.61 Å². The van der Waals surface area contributed by atoms with Crippen LogP contribution in [0.15, 0.2) is 24.3 Å². The maximum atomic E-state index is 12.4. The zero-order chi connectivity index (χ0) is 14.5. The van der Waals surface area contributed by atoms with Gasteiger partial charge in [0.1, 0.15) is 0 Å². The molecule has 108 valence electrons. The number of ketones is 1. The Labute approximate surface area is 123 Å². The quantitative estimate of drug-likeness (QED) is 0.620. The van der Waals surface area contributed by atoms with Crippen molar-refractivity contribution in [2.24, 2.45) is 0 Å². The van der Waals surface area contributed by atoms with Crippen LogP contribution in [0, 0.1) is 0 Å². The lowest BCUT2D eigenvalue weighted by Crippen LogP contribution is -2.40. The summed E-state index contributed by atoms with van der Waals surface area (Å²) in [7, 11) is 0. The van der Waals surface area contributed by atoms with Crippen molar-refractivity contribution in [3.05, 3.63) is 34.9 Å². The number of benzene rings is 1. The van der Waals surface area contributed by atoms with E-state index in [9.17, 15) is 9.59 Å². The first kappa shape index (κ1) is 15.0. The summed E-state index contributed by atoms with van der Waals surface area (Å²) in [6.45, 7) is 2.08. The van der Waals surface area contributed by atoms with E-state index in [1.54, 1.807) is 31.2 Å². The summed E-state index contributed by atoms with van der Waals surface area (Å²) in [6.07, 6.45) is 2.16. The number of halogens is 1. The van der Waals surface area contributed by atoms with Gasteiger partial charge in [-0.05, 0) is 44.0 Å². The Morgan fingerprint density at radius 1 is 1.35 bits per heavy atom. The Hall–Kier alpha value is -1.39. The second-order valence-corrected chi connectivity index (χ2v) is 5.31. The van der Waals surface area contributed by atoms with Gasteiger partial charge < -0.3 is 10.1 Å². The van der Waals surface area contributed by atoms with Crippen LogP contribution in [0.4, 0.5) is 0 Å². The van der Waals surface area contributed by atoms with Crippen molar-refractivity contribution in [3.8, 4) is 0 Å². The van der Waals surface area contributed by atoms with Crippen LogP contribution in [-0.4, -0.2) is 30.4 Å². The third kappa shape index (κ3) is 4.32. The minimum absolute atomic E-state index is 0.0613. The smallest absolute Gasteiger partial charge is 0.307 e. The SMILES string of the molecule is CCOC(=O)CC(NC1CC1)C(=O)c1ccc(Cl)cc1. The van der Waals surface area contributed by atoms with E-state index >= 15 is 0 Å². The van der Waals surface area contributed by atoms with Crippen LogP contribution >= 0.6 is 11.6 Å². The van der Waals surface area contributed by atoms with Crippen LogP contribution in [-0.2, 0) is 9.53 Å². The number of carbonyl (C=O) groups is 2. The molecule has 1 atom stereocenters. The molecule has 0 heterocycles. The highest BCUT2D eigenvalue weighted by Crippen LogP contribution is 2.21. The summed E-state index contributed by atoms with van der Waals surface area (Å²) in [5, 5.41) is 3.79. The van der Waals surface area contributed by atoms with E-state index in [4.69, 9.17) is 16.3 Å². The van der Waals surface area contributed by atoms with E-state index in [0.717, 1.165) is 12.8 Å². The summed E-state index contributed by atoms with van der Waals surface area (Å²) in [6, 6.07) is 6.52. The van der Waals surface area contributed by atoms with E-state index in [1.807, 2.05) is 0 Å². The highest BCUT2D eigenvalue weighted by molar-refractivity contribution is 6.30. The summed E-state index contributed by atoms with van der Waals surface area (Å²) >= 11 is 5.81. The number of nitrogens with one attached hydrogen (secondary N) is 1. The Morgan fingerprint density at radius 3 is 2.55 bits per heavy atom. The van der Waals surface area contributed by atoms with Crippen LogP contribution in [0.2, 0.25) is 5.02 Å². The topological polar surface area (TPSA) is 55.4 Å². The Bertz CT molecular complexity index is 482. The Balaban J connectivity index is 2.06. The van der Waals surface area contributed by atoms with Crippen molar-refractivity contribution in [1.82, 2.24) is 5.32 Å². The maximum Gasteiger partial charge on any atom is 0.307 e. The lowest BCUT2D eigenvalue weighted by atomic mass is 10.0. The molecule has 1 aromatic rings. The third-order valence-corrected chi connectivity index (χ3v) is 3.39. The Morgan fingerprint density at radius 2 is 2.00 bits per heavy atom. The van der Waals surface area contributed by atoms with Crippen molar-refractivity contribution < 1.29 is 14.3 Å². The number of ether oxygens (including phenoxy) is 1. The molecule has 1 aliphatic carbocycles. The van der Waals surface area contributed by atoms with Gasteiger partial charge in [0, 0.05) is 16.6 Å². The fourth-order valence-electron chi connectivity index (χ4n) is 1.96. The van der Waals surface area contributed by atoms with Crippen molar-refractivity contribution in [2.45, 2.75) is 38.3 Å². The van der Waals surface area contributed by atoms with Gasteiger partial charge in [-0.25, -0.2) is 0 Å². The van der Waals surface area contributed by atoms with E-state index < -0.39 is 6.04 Å². The van der Waals surface area contributed by atoms with Crippen LogP contribution in [0.3, 0.4) is 0 Å². The maximum absolute atomic E-state index is 12.4. The summed E-state index contributed by atoms with van der Waals surface area (Å²) in [5.41, 5.74) is 0.553. The predicted octanol–water partition coefficient (Wildman–Crippen LogP) is 2.60. The molecule has 1 aromatic carbocycles. The second-order valence-electron chi connectivity index (χ2n) is 4.87. The largest absolute Gasteiger partial charge is 0.466 e. The molecule has 1 saturated carbocycles. The first-order chi connectivity index (χ1) is 9.60. The highest BCUT2D eigenvalue weighted by atomic mass is 35.5. The zero-order valence-corrected chi connectivity index (χ0v) is 12.2. The monoisotopic (exact) mass is 295 g/mol. The standard InChI is InChI=1S/C15H18ClNO3/c1-2-20-14(18)9-13(17-12-7-8-12)15(19)10-3-5-11(16)6-4-10/h3-6,12-13,17H,2,7-9H2,1H3. The van der Waals surface area contributed by atoms with Crippen molar-refractivity contribution >= 4 is 23.4 Å². The van der Waals surface area contributed by atoms with Gasteiger partial charge >= 0.3 is 5.97 Å². The summed E-state index contributed by atoms with van der Waals surface area (Å²) in [5.74, 6) is -0.449. The molecule has 0 amide bonds. The lowest BCUT2D eigenvalue weighted by Gasteiger charge is -2.16. The van der Waals surface area contributed by atoms with Gasteiger partial charge in [-0.15, -0.1) is 0 Å². The molecule has 1 fully saturated rings. The molecule has 1 unspecified atom stereocenters. The first-order valence-electron chi connectivity index (χ1n) is 6.81. The normalized spacial score (nSPS) is 15.7. The molecule has 0 aromatic heterocycles. The van der Waals surface area contributed by atoms with Gasteiger partial charge in [-0.1, -0.05) is 11.6 Å². The number of esters is 1. The van der Waals surface area contributed by atoms with Crippen molar-refractivity contribution in [3.63, 3.8) is 0 Å². The van der Waals surface area contributed by atoms with Crippen LogP contribution < -0.4 is 5.32 Å². The molecule has 0 radical (unpaired) electrons. The predicted molar refractivity (Wildman–Crippen MR) is 77.0 cm³/mol. The highest BCUT2D eigenvalue weighted by Gasteiger charge is 2.30. The minimum atomic E-state index is -0.525. The number of rotatable bonds is 7. The van der Waals surface area contributed by atoms with Crippen LogP contribution in [0.5, 0.6) is 0 Å². The van der Waals surface area contributed by atoms with Gasteiger partial charge in [0.25, 0.3) is 0 Å². The van der Waals surface area contributed by atoms with E-state index in [2.05, 4.69) is 5.32 Å². The van der Waals surface area contributed by atoms with Gasteiger partial charge in [0.05, 0.1) is 19.1 Å². The molecule has 0 saturated heterocycles. The number of hydrogen-bond acceptors (Lipinski definition) is 4. The average molecular weight is 296 g/mol. The van der Waals surface area contributed by atoms with Gasteiger partial charge in [-0.3, -0.25) is 9.59 Å². The lowest BCUT2D eigenvalue weighted by molar-refractivity contribution is -0.143. The molecule has 4 nitrogen and oxygen atoms in total. The third-order valence-electron chi connectivity index (χ3n) is 3.14. The van der Waals surface area contributed by atoms with Gasteiger partial charge in [0.15, 0.2) is 5.78 Å². The molecular weight excluding hydrogens is 278 g/mol. The number of carbonyl (C=O) groups excluding carboxylic acids is 2. The molecular formula is C15H18ClNO3. The van der Waals surface area contributed by atoms with Crippen LogP contribution in [0.25, 0.3) is 0 Å². The fourth-order valence-corrected chi connectivity index (χ4v) is 2.09. The van der Waals surface area contributed by atoms with E-state index in [-0.39, 0.29) is 18.2 Å². The van der Waals surface area contributed by atoms with E-state index in [1.165, 1.54) is 0 Å². The molecule has 5 heteroatoms. The molecule has 0 bridgehead atoms. The molecule has 20 heavy (non-hydrogen) atoms. The van der Waals surface area contributed by atoms with Crippen molar-refractivity contribution in [1.29, 1.82) is 0 Å². The Kier molecular flexibility index (Phi) is 5.15. The fraction of sp³-hybridized carbons (Fsp3) is 0.467. The van der Waals surface area contributed by atoms with Gasteiger partial charge in [-0.2, -0.15) is 0 Å². The number of hydrogen-bond donors (Lipinski definition) is 1. The summed E-state index contributed by atoms with van der Waals surface area (Å²) < 4.78 is 4.93. The second kappa shape index (κ2) is 6.86. The first-order valence-corrected chi connectivity index (χ1v) is 7.19. The number of Topliss-reactive ketones (excluding diaryl/α,β-unsaturated/α-hetero) is 1. The molecule has 1 N–H and O–H groups in total. The van der Waals surface area contributed by atoms with Gasteiger partial charge in [0.2, 0.25) is 0 Å². The molecule has 0 aliphatic heterocycles. The average Bonchev–Trinajstić information content (AvgIpc) is 3.22. The summed E-state index contributed by atoms with van der Waals surface area (Å²) in [4.78, 5) is 24.1. The molecule has 1 aliphatic rings. The minimum Gasteiger partial charge on any atom is -0.466 e. The van der Waals surface area contributed by atoms with E-state index in [0.29, 0.717) is 23.2 Å².